The summed E-state index contributed by atoms with van der Waals surface area (Å²) >= 11 is 0. The summed E-state index contributed by atoms with van der Waals surface area (Å²) in [6.07, 6.45) is 0.637. The Kier molecular flexibility index (Phi) is 7.95. The molecule has 0 saturated carbocycles. The van der Waals surface area contributed by atoms with Crippen LogP contribution in [0.4, 0.5) is 5.69 Å². The van der Waals surface area contributed by atoms with Crippen molar-refractivity contribution in [2.45, 2.75) is 24.3 Å². The molecule has 0 aliphatic rings. The lowest BCUT2D eigenvalue weighted by atomic mass is 10.0. The maximum Gasteiger partial charge on any atom is 0.264 e. The molecule has 1 unspecified atom stereocenters. The van der Waals surface area contributed by atoms with Crippen LogP contribution in [0.1, 0.15) is 24.9 Å². The van der Waals surface area contributed by atoms with Crippen LogP contribution < -0.4 is 19.1 Å². The maximum atomic E-state index is 13.5. The third kappa shape index (κ3) is 5.64. The van der Waals surface area contributed by atoms with Gasteiger partial charge in [-0.3, -0.25) is 9.10 Å². The van der Waals surface area contributed by atoms with Crippen molar-refractivity contribution in [3.8, 4) is 11.5 Å². The summed E-state index contributed by atoms with van der Waals surface area (Å²) in [5, 5.41) is 2.96. The number of carbonyl (C=O) groups is 1. The molecule has 0 aromatic heterocycles. The van der Waals surface area contributed by atoms with Crippen LogP contribution in [0.5, 0.6) is 11.5 Å². The van der Waals surface area contributed by atoms with Crippen molar-refractivity contribution >= 4 is 21.6 Å². The molecule has 33 heavy (non-hydrogen) atoms. The van der Waals surface area contributed by atoms with Gasteiger partial charge in [0.15, 0.2) is 0 Å². The van der Waals surface area contributed by atoms with E-state index in [9.17, 15) is 13.2 Å². The standard InChI is InChI=1S/C25H28N2O5S/c1-4-22(19-14-16-20(31-2)17-15-19)26-25(28)18-27(23-12-8-9-13-24(23)32-3)33(29,30)21-10-6-5-7-11-21/h5-17,22H,4,18H2,1-3H3,(H,26,28). The summed E-state index contributed by atoms with van der Waals surface area (Å²) in [5.41, 5.74) is 1.19. The Morgan fingerprint density at radius 2 is 1.55 bits per heavy atom. The fraction of sp³-hybridized carbons (Fsp3) is 0.240. The first-order valence-electron chi connectivity index (χ1n) is 10.5. The van der Waals surface area contributed by atoms with Crippen molar-refractivity contribution in [2.24, 2.45) is 0 Å². The summed E-state index contributed by atoms with van der Waals surface area (Å²) in [6.45, 7) is 1.55. The van der Waals surface area contributed by atoms with E-state index in [0.717, 1.165) is 15.6 Å². The number of anilines is 1. The van der Waals surface area contributed by atoms with Gasteiger partial charge in [-0.05, 0) is 48.4 Å². The van der Waals surface area contributed by atoms with E-state index < -0.39 is 22.5 Å². The molecular weight excluding hydrogens is 440 g/mol. The summed E-state index contributed by atoms with van der Waals surface area (Å²) < 4.78 is 38.7. The topological polar surface area (TPSA) is 84.9 Å². The molecule has 0 aliphatic carbocycles. The fourth-order valence-corrected chi connectivity index (χ4v) is 4.94. The zero-order valence-corrected chi connectivity index (χ0v) is 19.7. The minimum Gasteiger partial charge on any atom is -0.497 e. The van der Waals surface area contributed by atoms with Crippen LogP contribution in [-0.4, -0.2) is 35.1 Å². The molecule has 0 heterocycles. The predicted molar refractivity (Wildman–Crippen MR) is 128 cm³/mol. The number of nitrogens with one attached hydrogen (secondary N) is 1. The first-order chi connectivity index (χ1) is 15.9. The number of methoxy groups -OCH3 is 2. The van der Waals surface area contributed by atoms with Crippen LogP contribution in [0.2, 0.25) is 0 Å². The lowest BCUT2D eigenvalue weighted by Gasteiger charge is -2.27. The van der Waals surface area contributed by atoms with Crippen LogP contribution in [0.15, 0.2) is 83.8 Å². The molecule has 0 radical (unpaired) electrons. The molecule has 1 atom stereocenters. The summed E-state index contributed by atoms with van der Waals surface area (Å²) in [4.78, 5) is 13.2. The number of nitrogens with zero attached hydrogens (tertiary/aromatic N) is 1. The fourth-order valence-electron chi connectivity index (χ4n) is 3.48. The summed E-state index contributed by atoms with van der Waals surface area (Å²) in [5.74, 6) is 0.645. The number of para-hydroxylation sites is 2. The van der Waals surface area contributed by atoms with E-state index in [1.165, 1.54) is 19.2 Å². The van der Waals surface area contributed by atoms with Crippen LogP contribution in [-0.2, 0) is 14.8 Å². The Labute approximate surface area is 195 Å². The number of carbonyl (C=O) groups excluding carboxylic acids is 1. The average molecular weight is 469 g/mol. The Morgan fingerprint density at radius 3 is 2.15 bits per heavy atom. The molecular formula is C25H28N2O5S. The second kappa shape index (κ2) is 10.9. The van der Waals surface area contributed by atoms with Crippen LogP contribution in [0.25, 0.3) is 0 Å². The molecule has 0 saturated heterocycles. The van der Waals surface area contributed by atoms with E-state index >= 15 is 0 Å². The lowest BCUT2D eigenvalue weighted by Crippen LogP contribution is -2.42. The van der Waals surface area contributed by atoms with Crippen molar-refractivity contribution < 1.29 is 22.7 Å². The first kappa shape index (κ1) is 24.1. The highest BCUT2D eigenvalue weighted by Crippen LogP contribution is 2.32. The van der Waals surface area contributed by atoms with E-state index in [0.29, 0.717) is 12.2 Å². The van der Waals surface area contributed by atoms with E-state index in [-0.39, 0.29) is 16.6 Å². The van der Waals surface area contributed by atoms with Crippen molar-refractivity contribution in [3.63, 3.8) is 0 Å². The van der Waals surface area contributed by atoms with Gasteiger partial charge in [-0.25, -0.2) is 8.42 Å². The maximum absolute atomic E-state index is 13.5. The quantitative estimate of drug-likeness (QED) is 0.483. The van der Waals surface area contributed by atoms with Gasteiger partial charge in [0.2, 0.25) is 5.91 Å². The van der Waals surface area contributed by atoms with Crippen LogP contribution >= 0.6 is 0 Å². The van der Waals surface area contributed by atoms with Gasteiger partial charge in [0.1, 0.15) is 18.0 Å². The molecule has 0 aliphatic heterocycles. The molecule has 0 spiro atoms. The van der Waals surface area contributed by atoms with Gasteiger partial charge in [0, 0.05) is 0 Å². The van der Waals surface area contributed by atoms with Gasteiger partial charge in [0.05, 0.1) is 30.8 Å². The Bertz CT molecular complexity index is 1160. The number of benzene rings is 3. The zero-order chi connectivity index (χ0) is 23.8. The van der Waals surface area contributed by atoms with E-state index in [1.54, 1.807) is 49.6 Å². The minimum atomic E-state index is -4.02. The molecule has 0 fully saturated rings. The highest BCUT2D eigenvalue weighted by molar-refractivity contribution is 7.92. The Balaban J connectivity index is 1.91. The zero-order valence-electron chi connectivity index (χ0n) is 18.9. The minimum absolute atomic E-state index is 0.0888. The molecule has 1 amide bonds. The number of amides is 1. The summed E-state index contributed by atoms with van der Waals surface area (Å²) in [6, 6.07) is 21.9. The van der Waals surface area contributed by atoms with Gasteiger partial charge in [-0.1, -0.05) is 49.4 Å². The van der Waals surface area contributed by atoms with Gasteiger partial charge in [-0.2, -0.15) is 0 Å². The molecule has 7 nitrogen and oxygen atoms in total. The second-order valence-electron chi connectivity index (χ2n) is 7.30. The molecule has 3 aromatic rings. The monoisotopic (exact) mass is 468 g/mol. The molecule has 1 N–H and O–H groups in total. The lowest BCUT2D eigenvalue weighted by molar-refractivity contribution is -0.120. The third-order valence-corrected chi connectivity index (χ3v) is 7.01. The van der Waals surface area contributed by atoms with Crippen molar-refractivity contribution in [3.05, 3.63) is 84.4 Å². The van der Waals surface area contributed by atoms with E-state index in [1.807, 2.05) is 31.2 Å². The number of sulfonamides is 1. The smallest absolute Gasteiger partial charge is 0.264 e. The molecule has 174 valence electrons. The number of hydrogen-bond acceptors (Lipinski definition) is 5. The van der Waals surface area contributed by atoms with Gasteiger partial charge in [-0.15, -0.1) is 0 Å². The van der Waals surface area contributed by atoms with Crippen molar-refractivity contribution in [2.75, 3.05) is 25.1 Å². The highest BCUT2D eigenvalue weighted by Gasteiger charge is 2.29. The van der Waals surface area contributed by atoms with Gasteiger partial charge < -0.3 is 14.8 Å². The third-order valence-electron chi connectivity index (χ3n) is 5.23. The number of hydrogen-bond donors (Lipinski definition) is 1. The largest absolute Gasteiger partial charge is 0.497 e. The van der Waals surface area contributed by atoms with E-state index in [4.69, 9.17) is 9.47 Å². The number of rotatable bonds is 10. The van der Waals surface area contributed by atoms with Crippen LogP contribution in [0, 0.1) is 0 Å². The SMILES string of the molecule is CCC(NC(=O)CN(c1ccccc1OC)S(=O)(=O)c1ccccc1)c1ccc(OC)cc1. The molecule has 3 aromatic carbocycles. The molecule has 3 rings (SSSR count). The first-order valence-corrected chi connectivity index (χ1v) is 12.0. The predicted octanol–water partition coefficient (Wildman–Crippen LogP) is 4.17. The number of ether oxygens (including phenoxy) is 2. The second-order valence-corrected chi connectivity index (χ2v) is 9.16. The summed E-state index contributed by atoms with van der Waals surface area (Å²) in [7, 11) is -0.970. The highest BCUT2D eigenvalue weighted by atomic mass is 32.2. The van der Waals surface area contributed by atoms with Crippen LogP contribution in [0.3, 0.4) is 0 Å². The van der Waals surface area contributed by atoms with E-state index in [2.05, 4.69) is 5.32 Å². The van der Waals surface area contributed by atoms with Crippen molar-refractivity contribution in [1.82, 2.24) is 5.32 Å². The molecule has 8 heteroatoms. The Hall–Kier alpha value is -3.52. The van der Waals surface area contributed by atoms with Gasteiger partial charge >= 0.3 is 0 Å². The van der Waals surface area contributed by atoms with Crippen molar-refractivity contribution in [1.29, 1.82) is 0 Å². The Morgan fingerprint density at radius 1 is 0.909 bits per heavy atom. The van der Waals surface area contributed by atoms with Gasteiger partial charge in [0.25, 0.3) is 10.0 Å². The average Bonchev–Trinajstić information content (AvgIpc) is 2.86. The molecule has 0 bridgehead atoms. The normalized spacial score (nSPS) is 12.0.